The molecule has 0 aromatic heterocycles. The van der Waals surface area contributed by atoms with Crippen LogP contribution in [0.4, 0.5) is 0 Å². The topological polar surface area (TPSA) is 135 Å². The van der Waals surface area contributed by atoms with Crippen LogP contribution >= 0.6 is 15.9 Å². The van der Waals surface area contributed by atoms with E-state index >= 15 is 0 Å². The van der Waals surface area contributed by atoms with Crippen molar-refractivity contribution < 1.29 is 38.5 Å². The molecule has 2 N–H and O–H groups in total. The Hall–Kier alpha value is -3.84. The van der Waals surface area contributed by atoms with Gasteiger partial charge in [0, 0.05) is 31.4 Å². The molecule has 0 saturated carbocycles. The number of halogens is 1. The summed E-state index contributed by atoms with van der Waals surface area (Å²) < 4.78 is 18.5. The van der Waals surface area contributed by atoms with E-state index in [1.807, 2.05) is 55.5 Å². The van der Waals surface area contributed by atoms with Crippen molar-refractivity contribution in [2.75, 3.05) is 26.9 Å². The van der Waals surface area contributed by atoms with Gasteiger partial charge in [-0.1, -0.05) is 95.7 Å². The summed E-state index contributed by atoms with van der Waals surface area (Å²) in [6.45, 7) is 9.56. The molecular weight excluding hydrogens is 718 g/mol. The number of carbonyl (C=O) groups is 4. The number of allylic oxidation sites excluding steroid dienone is 1. The number of hydrogen-bond donors (Lipinski definition) is 2. The lowest BCUT2D eigenvalue weighted by Gasteiger charge is -2.39. The number of benzene rings is 2. The third kappa shape index (κ3) is 7.69. The first-order valence-corrected chi connectivity index (χ1v) is 18.4. The highest BCUT2D eigenvalue weighted by molar-refractivity contribution is 9.09. The Morgan fingerprint density at radius 1 is 1.14 bits per heavy atom. The Labute approximate surface area is 308 Å². The zero-order chi connectivity index (χ0) is 36.7. The highest BCUT2D eigenvalue weighted by Crippen LogP contribution is 2.61. The van der Waals surface area contributed by atoms with Gasteiger partial charge >= 0.3 is 5.97 Å². The van der Waals surface area contributed by atoms with Gasteiger partial charge in [-0.05, 0) is 30.4 Å². The van der Waals surface area contributed by atoms with E-state index in [0.29, 0.717) is 24.8 Å². The zero-order valence-electron chi connectivity index (χ0n) is 29.2. The van der Waals surface area contributed by atoms with Crippen LogP contribution in [-0.4, -0.2) is 100 Å². The highest BCUT2D eigenvalue weighted by atomic mass is 79.9. The second kappa shape index (κ2) is 17.1. The fourth-order valence-corrected chi connectivity index (χ4v) is 8.86. The second-order valence-corrected chi connectivity index (χ2v) is 14.5. The van der Waals surface area contributed by atoms with Crippen LogP contribution in [0.2, 0.25) is 0 Å². The quantitative estimate of drug-likeness (QED) is 0.132. The summed E-state index contributed by atoms with van der Waals surface area (Å²) in [4.78, 5) is 59.6. The predicted molar refractivity (Wildman–Crippen MR) is 194 cm³/mol. The fourth-order valence-electron chi connectivity index (χ4n) is 7.91. The molecule has 3 heterocycles. The van der Waals surface area contributed by atoms with Crippen molar-refractivity contribution in [2.45, 2.75) is 79.9 Å². The number of ether oxygens (including phenoxy) is 3. The summed E-state index contributed by atoms with van der Waals surface area (Å²) in [5.41, 5.74) is 0.172. The molecule has 0 aliphatic carbocycles. The standard InChI is InChI=1S/C39H48BrN3O8/c1-5-8-19-30(45)41-29(24-49-4)33(26-17-13-10-14-18-26)50-38(48)31-32-36(46)43(27(7-3)23-44)35(39(32)21-28(40)34(31)51-39)37(47)42(20-6-2)22-25-15-11-9-12-16-25/h5-6,9-18,27-29,31-35,44H,1-2,7-8,19-24H2,3-4H3,(H,41,45)/t27-,28?,29+,31-,32+,33+,34-,35-,39+/m0/s1. The number of likely N-dealkylation sites (tertiary alicyclic amines) is 1. The van der Waals surface area contributed by atoms with Crippen LogP contribution in [0.3, 0.4) is 0 Å². The molecule has 2 bridgehead atoms. The Morgan fingerprint density at radius 2 is 1.82 bits per heavy atom. The number of fused-ring (bicyclic) bond motifs is 1. The highest BCUT2D eigenvalue weighted by Gasteiger charge is 2.77. The summed E-state index contributed by atoms with van der Waals surface area (Å²) >= 11 is 3.73. The second-order valence-electron chi connectivity index (χ2n) is 13.4. The van der Waals surface area contributed by atoms with Gasteiger partial charge in [-0.15, -0.1) is 13.2 Å². The van der Waals surface area contributed by atoms with E-state index in [1.54, 1.807) is 29.2 Å². The van der Waals surface area contributed by atoms with Gasteiger partial charge in [0.1, 0.15) is 17.7 Å². The summed E-state index contributed by atoms with van der Waals surface area (Å²) in [5.74, 6) is -3.83. The lowest BCUT2D eigenvalue weighted by Crippen LogP contribution is -2.58. The maximum atomic E-state index is 14.8. The first-order chi connectivity index (χ1) is 24.6. The first-order valence-electron chi connectivity index (χ1n) is 17.5. The van der Waals surface area contributed by atoms with Crippen molar-refractivity contribution in [2.24, 2.45) is 11.8 Å². The van der Waals surface area contributed by atoms with Crippen molar-refractivity contribution in [3.63, 3.8) is 0 Å². The number of esters is 1. The van der Waals surface area contributed by atoms with Gasteiger partial charge in [-0.3, -0.25) is 19.2 Å². The van der Waals surface area contributed by atoms with Gasteiger partial charge in [0.15, 0.2) is 0 Å². The minimum absolute atomic E-state index is 0.0459. The average molecular weight is 767 g/mol. The minimum Gasteiger partial charge on any atom is -0.455 e. The lowest BCUT2D eigenvalue weighted by atomic mass is 9.70. The van der Waals surface area contributed by atoms with Crippen molar-refractivity contribution >= 4 is 39.6 Å². The van der Waals surface area contributed by atoms with Crippen molar-refractivity contribution in [3.05, 3.63) is 97.1 Å². The maximum absolute atomic E-state index is 14.8. The first kappa shape index (κ1) is 38.4. The number of rotatable bonds is 18. The maximum Gasteiger partial charge on any atom is 0.313 e. The van der Waals surface area contributed by atoms with Gasteiger partial charge in [-0.25, -0.2) is 0 Å². The van der Waals surface area contributed by atoms with Crippen LogP contribution in [0.1, 0.15) is 49.8 Å². The molecule has 274 valence electrons. The Morgan fingerprint density at radius 3 is 2.43 bits per heavy atom. The zero-order valence-corrected chi connectivity index (χ0v) is 30.8. The van der Waals surface area contributed by atoms with E-state index < -0.39 is 59.6 Å². The van der Waals surface area contributed by atoms with Crippen molar-refractivity contribution in [1.29, 1.82) is 0 Å². The van der Waals surface area contributed by atoms with Gasteiger partial charge in [0.25, 0.3) is 0 Å². The fraction of sp³-hybridized carbons (Fsp3) is 0.487. The Kier molecular flexibility index (Phi) is 12.9. The number of aliphatic hydroxyl groups excluding tert-OH is 1. The number of methoxy groups -OCH3 is 1. The monoisotopic (exact) mass is 765 g/mol. The normalized spacial score (nSPS) is 26.5. The smallest absolute Gasteiger partial charge is 0.313 e. The van der Waals surface area contributed by atoms with Crippen molar-refractivity contribution in [1.82, 2.24) is 15.1 Å². The molecule has 2 aromatic carbocycles. The number of amides is 3. The van der Waals surface area contributed by atoms with E-state index in [1.165, 1.54) is 12.0 Å². The van der Waals surface area contributed by atoms with E-state index in [0.717, 1.165) is 5.56 Å². The van der Waals surface area contributed by atoms with Gasteiger partial charge in [-0.2, -0.15) is 0 Å². The number of nitrogens with zero attached hydrogens (tertiary/aromatic N) is 2. The van der Waals surface area contributed by atoms with E-state index in [-0.39, 0.29) is 49.4 Å². The summed E-state index contributed by atoms with van der Waals surface area (Å²) in [6, 6.07) is 16.0. The average Bonchev–Trinajstić information content (AvgIpc) is 3.73. The number of hydrogen-bond acceptors (Lipinski definition) is 8. The molecule has 3 amide bonds. The summed E-state index contributed by atoms with van der Waals surface area (Å²) in [6.07, 6.45) is 2.91. The van der Waals surface area contributed by atoms with Crippen LogP contribution in [0, 0.1) is 11.8 Å². The molecule has 1 unspecified atom stereocenters. The molecule has 51 heavy (non-hydrogen) atoms. The van der Waals surface area contributed by atoms with E-state index in [9.17, 15) is 24.3 Å². The van der Waals surface area contributed by atoms with Crippen LogP contribution in [0.5, 0.6) is 0 Å². The molecule has 9 atom stereocenters. The Balaban J connectivity index is 1.52. The number of aliphatic hydroxyl groups is 1. The van der Waals surface area contributed by atoms with Crippen molar-refractivity contribution in [3.8, 4) is 0 Å². The third-order valence-electron chi connectivity index (χ3n) is 10.2. The van der Waals surface area contributed by atoms with E-state index in [2.05, 4.69) is 34.4 Å². The van der Waals surface area contributed by atoms with Gasteiger partial charge in [0.05, 0.1) is 43.2 Å². The third-order valence-corrected chi connectivity index (χ3v) is 11.0. The molecule has 3 aliphatic heterocycles. The van der Waals surface area contributed by atoms with E-state index in [4.69, 9.17) is 14.2 Å². The number of carbonyl (C=O) groups excluding carboxylic acids is 4. The number of nitrogens with one attached hydrogen (secondary N) is 1. The van der Waals surface area contributed by atoms with Gasteiger partial charge in [0.2, 0.25) is 17.7 Å². The molecule has 2 aromatic rings. The lowest BCUT2D eigenvalue weighted by molar-refractivity contribution is -0.163. The molecule has 5 rings (SSSR count). The van der Waals surface area contributed by atoms with Crippen LogP contribution in [0.25, 0.3) is 0 Å². The SMILES string of the molecule is C=CCCC(=O)N[C@H](COC)[C@H](OC(=O)[C@@H]1[C@H]2O[C@@]3(CC2Br)[C@H](C(=O)N(CC=C)Cc2ccccc2)N([C@@H](CC)CO)C(=O)[C@@H]13)c1ccccc1. The molecule has 1 spiro atoms. The molecule has 0 radical (unpaired) electrons. The van der Waals surface area contributed by atoms with Gasteiger partial charge < -0.3 is 34.4 Å². The van der Waals surface area contributed by atoms with Crippen LogP contribution < -0.4 is 5.32 Å². The predicted octanol–water partition coefficient (Wildman–Crippen LogP) is 4.10. The molecule has 3 saturated heterocycles. The van der Waals surface area contributed by atoms with Crippen LogP contribution in [-0.2, 0) is 39.9 Å². The Bertz CT molecular complexity index is 1560. The molecular formula is C39H48BrN3O8. The summed E-state index contributed by atoms with van der Waals surface area (Å²) in [5, 5.41) is 13.4. The number of alkyl halides is 1. The minimum atomic E-state index is -1.36. The largest absolute Gasteiger partial charge is 0.455 e. The van der Waals surface area contributed by atoms with Crippen LogP contribution in [0.15, 0.2) is 86.0 Å². The molecule has 11 nitrogen and oxygen atoms in total. The molecule has 3 aliphatic rings. The molecule has 12 heteroatoms. The summed E-state index contributed by atoms with van der Waals surface area (Å²) in [7, 11) is 1.50. The molecule has 3 fully saturated rings.